The Morgan fingerprint density at radius 2 is 2.00 bits per heavy atom. The first-order valence-corrected chi connectivity index (χ1v) is 5.75. The maximum Gasteiger partial charge on any atom is 0.0618 e. The minimum Gasteiger partial charge on any atom is -0.383 e. The van der Waals surface area contributed by atoms with Crippen molar-refractivity contribution in [2.45, 2.75) is 46.1 Å². The second-order valence-electron chi connectivity index (χ2n) is 5.66. The molecule has 2 nitrogen and oxygen atoms in total. The Kier molecular flexibility index (Phi) is 4.39. The van der Waals surface area contributed by atoms with Crippen molar-refractivity contribution < 1.29 is 4.74 Å². The lowest BCUT2D eigenvalue weighted by Gasteiger charge is -2.22. The van der Waals surface area contributed by atoms with E-state index in [1.54, 1.807) is 7.11 Å². The molecule has 0 aromatic rings. The molecule has 1 aliphatic rings. The Morgan fingerprint density at radius 3 is 2.43 bits per heavy atom. The third-order valence-corrected chi connectivity index (χ3v) is 2.82. The molecule has 1 unspecified atom stereocenters. The van der Waals surface area contributed by atoms with Gasteiger partial charge in [0, 0.05) is 13.2 Å². The van der Waals surface area contributed by atoms with Crippen molar-refractivity contribution in [2.75, 3.05) is 20.3 Å². The predicted molar refractivity (Wildman–Crippen MR) is 60.5 cm³/mol. The number of ether oxygens (including phenoxy) is 1. The topological polar surface area (TPSA) is 21.3 Å². The fourth-order valence-electron chi connectivity index (χ4n) is 1.67. The lowest BCUT2D eigenvalue weighted by molar-refractivity contribution is 0.155. The summed E-state index contributed by atoms with van der Waals surface area (Å²) in [6, 6.07) is 0.599. The second kappa shape index (κ2) is 5.13. The van der Waals surface area contributed by atoms with Gasteiger partial charge < -0.3 is 10.1 Å². The van der Waals surface area contributed by atoms with Crippen LogP contribution in [-0.4, -0.2) is 26.3 Å². The van der Waals surface area contributed by atoms with E-state index in [-0.39, 0.29) is 0 Å². The molecule has 0 heterocycles. The van der Waals surface area contributed by atoms with Gasteiger partial charge in [0.05, 0.1) is 6.61 Å². The molecule has 0 radical (unpaired) electrons. The minimum absolute atomic E-state index is 0.439. The van der Waals surface area contributed by atoms with Gasteiger partial charge in [-0.1, -0.05) is 20.8 Å². The van der Waals surface area contributed by atoms with E-state index in [1.165, 1.54) is 19.3 Å². The zero-order chi connectivity index (χ0) is 10.6. The van der Waals surface area contributed by atoms with E-state index in [2.05, 4.69) is 26.1 Å². The molecule has 1 fully saturated rings. The van der Waals surface area contributed by atoms with E-state index in [4.69, 9.17) is 4.74 Å². The van der Waals surface area contributed by atoms with E-state index in [0.29, 0.717) is 11.5 Å². The lowest BCUT2D eigenvalue weighted by atomic mass is 9.92. The van der Waals surface area contributed by atoms with Crippen LogP contribution in [0, 0.1) is 11.3 Å². The third-order valence-electron chi connectivity index (χ3n) is 2.82. The normalized spacial score (nSPS) is 19.7. The van der Waals surface area contributed by atoms with Gasteiger partial charge in [0.2, 0.25) is 0 Å². The Morgan fingerprint density at radius 1 is 1.36 bits per heavy atom. The van der Waals surface area contributed by atoms with Gasteiger partial charge in [-0.15, -0.1) is 0 Å². The van der Waals surface area contributed by atoms with Gasteiger partial charge in [0.25, 0.3) is 0 Å². The molecular weight excluding hydrogens is 174 g/mol. The average molecular weight is 199 g/mol. The molecule has 0 aromatic carbocycles. The van der Waals surface area contributed by atoms with Gasteiger partial charge in [-0.2, -0.15) is 0 Å². The summed E-state index contributed by atoms with van der Waals surface area (Å²) < 4.78 is 5.23. The summed E-state index contributed by atoms with van der Waals surface area (Å²) in [5.41, 5.74) is 0.439. The second-order valence-corrected chi connectivity index (χ2v) is 5.66. The van der Waals surface area contributed by atoms with Crippen LogP contribution in [0.15, 0.2) is 0 Å². The first-order valence-electron chi connectivity index (χ1n) is 5.75. The summed E-state index contributed by atoms with van der Waals surface area (Å²) in [7, 11) is 1.79. The van der Waals surface area contributed by atoms with E-state index in [0.717, 1.165) is 19.1 Å². The van der Waals surface area contributed by atoms with E-state index in [1.807, 2.05) is 0 Å². The summed E-state index contributed by atoms with van der Waals surface area (Å²) in [4.78, 5) is 0. The van der Waals surface area contributed by atoms with Gasteiger partial charge in [-0.25, -0.2) is 0 Å². The Bertz CT molecular complexity index is 158. The quantitative estimate of drug-likeness (QED) is 0.709. The maximum atomic E-state index is 5.23. The fraction of sp³-hybridized carbons (Fsp3) is 1.00. The van der Waals surface area contributed by atoms with Crippen molar-refractivity contribution in [3.63, 3.8) is 0 Å². The molecule has 14 heavy (non-hydrogen) atoms. The van der Waals surface area contributed by atoms with E-state index >= 15 is 0 Å². The Balaban J connectivity index is 2.13. The minimum atomic E-state index is 0.439. The van der Waals surface area contributed by atoms with Crippen LogP contribution in [0.5, 0.6) is 0 Å². The Hall–Kier alpha value is -0.0800. The fourth-order valence-corrected chi connectivity index (χ4v) is 1.67. The van der Waals surface area contributed by atoms with Crippen LogP contribution in [0.2, 0.25) is 0 Å². The van der Waals surface area contributed by atoms with Gasteiger partial charge in [-0.05, 0) is 37.1 Å². The van der Waals surface area contributed by atoms with Crippen LogP contribution in [0.3, 0.4) is 0 Å². The predicted octanol–water partition coefficient (Wildman–Crippen LogP) is 2.44. The maximum absolute atomic E-state index is 5.23. The summed E-state index contributed by atoms with van der Waals surface area (Å²) in [5, 5.41) is 3.61. The molecule has 1 atom stereocenters. The lowest BCUT2D eigenvalue weighted by Crippen LogP contribution is -2.36. The monoisotopic (exact) mass is 199 g/mol. The largest absolute Gasteiger partial charge is 0.383 e. The molecule has 0 saturated heterocycles. The highest BCUT2D eigenvalue weighted by molar-refractivity contribution is 4.86. The summed E-state index contributed by atoms with van der Waals surface area (Å²) in [6.45, 7) is 8.86. The van der Waals surface area contributed by atoms with Crippen LogP contribution >= 0.6 is 0 Å². The van der Waals surface area contributed by atoms with Crippen LogP contribution < -0.4 is 5.32 Å². The van der Waals surface area contributed by atoms with Crippen molar-refractivity contribution in [1.82, 2.24) is 5.32 Å². The first-order chi connectivity index (χ1) is 6.53. The summed E-state index contributed by atoms with van der Waals surface area (Å²) in [6.07, 6.45) is 4.01. The third kappa shape index (κ3) is 4.97. The van der Waals surface area contributed by atoms with Crippen LogP contribution in [0.4, 0.5) is 0 Å². The molecule has 1 saturated carbocycles. The zero-order valence-corrected chi connectivity index (χ0v) is 10.1. The highest BCUT2D eigenvalue weighted by Gasteiger charge is 2.30. The Labute approximate surface area is 88.4 Å². The van der Waals surface area contributed by atoms with E-state index < -0.39 is 0 Å². The molecule has 1 rings (SSSR count). The smallest absolute Gasteiger partial charge is 0.0618 e. The number of rotatable bonds is 6. The highest BCUT2D eigenvalue weighted by atomic mass is 16.5. The van der Waals surface area contributed by atoms with Gasteiger partial charge in [0.1, 0.15) is 0 Å². The number of hydrogen-bond donors (Lipinski definition) is 1. The highest BCUT2D eigenvalue weighted by Crippen LogP contribution is 2.32. The SMILES string of the molecule is COCC(NCCC(C)(C)C)C1CC1. The number of methoxy groups -OCH3 is 1. The van der Waals surface area contributed by atoms with Gasteiger partial charge in [0.15, 0.2) is 0 Å². The zero-order valence-electron chi connectivity index (χ0n) is 10.1. The van der Waals surface area contributed by atoms with Crippen LogP contribution in [0.25, 0.3) is 0 Å². The van der Waals surface area contributed by atoms with Gasteiger partial charge in [-0.3, -0.25) is 0 Å². The van der Waals surface area contributed by atoms with Crippen molar-refractivity contribution in [2.24, 2.45) is 11.3 Å². The average Bonchev–Trinajstić information content (AvgIpc) is 2.83. The van der Waals surface area contributed by atoms with E-state index in [9.17, 15) is 0 Å². The molecule has 84 valence electrons. The molecule has 0 aromatic heterocycles. The summed E-state index contributed by atoms with van der Waals surface area (Å²) >= 11 is 0. The first kappa shape index (κ1) is 12.0. The molecule has 0 bridgehead atoms. The number of hydrogen-bond acceptors (Lipinski definition) is 2. The van der Waals surface area contributed by atoms with Crippen molar-refractivity contribution in [1.29, 1.82) is 0 Å². The summed E-state index contributed by atoms with van der Waals surface area (Å²) in [5.74, 6) is 0.884. The molecule has 0 aliphatic heterocycles. The van der Waals surface area contributed by atoms with Crippen molar-refractivity contribution in [3.05, 3.63) is 0 Å². The standard InChI is InChI=1S/C12H25NO/c1-12(2,3)7-8-13-11(9-14-4)10-5-6-10/h10-11,13H,5-9H2,1-4H3. The van der Waals surface area contributed by atoms with Crippen LogP contribution in [0.1, 0.15) is 40.0 Å². The molecule has 0 amide bonds. The molecular formula is C12H25NO. The molecule has 1 aliphatic carbocycles. The van der Waals surface area contributed by atoms with Crippen molar-refractivity contribution in [3.8, 4) is 0 Å². The van der Waals surface area contributed by atoms with Crippen LogP contribution in [-0.2, 0) is 4.74 Å². The molecule has 1 N–H and O–H groups in total. The molecule has 2 heteroatoms. The molecule has 0 spiro atoms. The number of nitrogens with one attached hydrogen (secondary N) is 1. The van der Waals surface area contributed by atoms with Crippen molar-refractivity contribution >= 4 is 0 Å². The van der Waals surface area contributed by atoms with Gasteiger partial charge >= 0.3 is 0 Å².